The third-order valence-corrected chi connectivity index (χ3v) is 8.31. The van der Waals surface area contributed by atoms with Crippen LogP contribution in [0.4, 0.5) is 17.1 Å². The number of carbonyl (C=O) groups is 3. The molecule has 0 aromatic heterocycles. The fourth-order valence-corrected chi connectivity index (χ4v) is 5.78. The Balaban J connectivity index is 1.36. The minimum Gasteiger partial charge on any atom is -0.494 e. The molecule has 0 bridgehead atoms. The Morgan fingerprint density at radius 2 is 1.47 bits per heavy atom. The summed E-state index contributed by atoms with van der Waals surface area (Å²) in [4.78, 5) is 51.6. The van der Waals surface area contributed by atoms with Gasteiger partial charge in [-0.05, 0) is 90.9 Å². The summed E-state index contributed by atoms with van der Waals surface area (Å²) in [6, 6.07) is 37.6. The Labute approximate surface area is 287 Å². The van der Waals surface area contributed by atoms with Gasteiger partial charge in [-0.1, -0.05) is 54.6 Å². The number of ether oxygens (including phenoxy) is 1. The molecule has 0 fully saturated rings. The lowest BCUT2D eigenvalue weighted by atomic mass is 10.1. The number of benzene rings is 5. The maximum atomic E-state index is 13.6. The fraction of sp³-hybridized carbons (Fsp3) is 0.0789. The van der Waals surface area contributed by atoms with Crippen LogP contribution in [0.2, 0.25) is 0 Å². The van der Waals surface area contributed by atoms with Crippen LogP contribution in [-0.4, -0.2) is 29.3 Å². The number of thioether (sulfide) groups is 1. The van der Waals surface area contributed by atoms with Crippen molar-refractivity contribution in [3.8, 4) is 5.75 Å². The first kappa shape index (κ1) is 34.1. The zero-order chi connectivity index (χ0) is 34.6. The van der Waals surface area contributed by atoms with Gasteiger partial charge >= 0.3 is 0 Å². The molecule has 49 heavy (non-hydrogen) atoms. The first-order valence-electron chi connectivity index (χ1n) is 15.3. The molecule has 0 aliphatic carbocycles. The minimum atomic E-state index is -0.624. The molecule has 246 valence electrons. The van der Waals surface area contributed by atoms with Crippen LogP contribution in [-0.2, 0) is 9.59 Å². The maximum Gasteiger partial charge on any atom is 0.272 e. The number of hydrogen-bond acceptors (Lipinski definition) is 7. The highest BCUT2D eigenvalue weighted by atomic mass is 32.2. The van der Waals surface area contributed by atoms with E-state index in [1.54, 1.807) is 72.8 Å². The lowest BCUT2D eigenvalue weighted by molar-refractivity contribution is -0.384. The molecule has 0 heterocycles. The number of hydrogen-bond donors (Lipinski definition) is 3. The Bertz CT molecular complexity index is 1950. The number of non-ortho nitro benzene ring substituents is 1. The molecule has 10 nitrogen and oxygen atoms in total. The first-order chi connectivity index (χ1) is 23.8. The molecule has 5 rings (SSSR count). The van der Waals surface area contributed by atoms with Gasteiger partial charge in [-0.15, -0.1) is 11.8 Å². The molecule has 0 saturated carbocycles. The number of anilines is 2. The molecule has 0 radical (unpaired) electrons. The molecule has 1 unspecified atom stereocenters. The second kappa shape index (κ2) is 16.6. The van der Waals surface area contributed by atoms with Crippen LogP contribution in [0.3, 0.4) is 0 Å². The predicted molar refractivity (Wildman–Crippen MR) is 191 cm³/mol. The summed E-state index contributed by atoms with van der Waals surface area (Å²) in [6.45, 7) is 2.44. The highest BCUT2D eigenvalue weighted by molar-refractivity contribution is 8.00. The Morgan fingerprint density at radius 1 is 0.796 bits per heavy atom. The molecule has 3 N–H and O–H groups in total. The topological polar surface area (TPSA) is 140 Å². The van der Waals surface area contributed by atoms with Crippen molar-refractivity contribution in [2.45, 2.75) is 17.1 Å². The van der Waals surface area contributed by atoms with Crippen LogP contribution >= 0.6 is 11.8 Å². The molecule has 5 aromatic rings. The van der Waals surface area contributed by atoms with E-state index in [9.17, 15) is 24.5 Å². The van der Waals surface area contributed by atoms with Gasteiger partial charge in [-0.3, -0.25) is 24.5 Å². The third-order valence-electron chi connectivity index (χ3n) is 7.06. The SMILES string of the molecule is CCOc1ccc(NC(=O)C(Sc2cccc(NC(=O)/C(=C\c3ccc([N+](=O)[O-])cc3)NC(=O)c3ccccc3)c2)c2ccccc2)cc1. The number of nitrogens with zero attached hydrogens (tertiary/aromatic N) is 1. The standard InChI is InChI=1S/C38H32N4O6S/c1-2-48-32-22-18-29(19-23-32)39-38(45)35(27-10-5-3-6-11-27)49-33-15-9-14-30(25-33)40-37(44)34(41-36(43)28-12-7-4-8-13-28)24-26-16-20-31(21-17-26)42(46)47/h3-25,35H,2H2,1H3,(H,39,45)(H,40,44)(H,41,43)/b34-24+. The second-order valence-corrected chi connectivity index (χ2v) is 11.7. The fourth-order valence-electron chi connectivity index (χ4n) is 4.69. The van der Waals surface area contributed by atoms with Crippen molar-refractivity contribution in [2.24, 2.45) is 0 Å². The van der Waals surface area contributed by atoms with Crippen LogP contribution in [0.25, 0.3) is 6.08 Å². The van der Waals surface area contributed by atoms with E-state index in [-0.39, 0.29) is 17.3 Å². The summed E-state index contributed by atoms with van der Waals surface area (Å²) in [5, 5.41) is 19.0. The second-order valence-electron chi connectivity index (χ2n) is 10.6. The lowest BCUT2D eigenvalue weighted by Crippen LogP contribution is -2.30. The van der Waals surface area contributed by atoms with Crippen LogP contribution in [0.1, 0.15) is 33.7 Å². The predicted octanol–water partition coefficient (Wildman–Crippen LogP) is 7.88. The number of nitro groups is 1. The van der Waals surface area contributed by atoms with Gasteiger partial charge in [0.1, 0.15) is 16.7 Å². The quantitative estimate of drug-likeness (QED) is 0.0500. The van der Waals surface area contributed by atoms with Crippen LogP contribution < -0.4 is 20.7 Å². The van der Waals surface area contributed by atoms with Gasteiger partial charge in [0.25, 0.3) is 17.5 Å². The van der Waals surface area contributed by atoms with E-state index < -0.39 is 22.0 Å². The number of amides is 3. The third kappa shape index (κ3) is 9.66. The summed E-state index contributed by atoms with van der Waals surface area (Å²) < 4.78 is 5.50. The van der Waals surface area contributed by atoms with E-state index in [2.05, 4.69) is 16.0 Å². The molecular weight excluding hydrogens is 641 g/mol. The molecule has 11 heteroatoms. The monoisotopic (exact) mass is 672 g/mol. The van der Waals surface area contributed by atoms with Crippen molar-refractivity contribution in [1.82, 2.24) is 5.32 Å². The molecule has 0 spiro atoms. The molecule has 3 amide bonds. The minimum absolute atomic E-state index is 0.0716. The van der Waals surface area contributed by atoms with E-state index >= 15 is 0 Å². The molecule has 1 atom stereocenters. The number of nitrogens with one attached hydrogen (secondary N) is 3. The molecule has 0 saturated heterocycles. The van der Waals surface area contributed by atoms with Crippen molar-refractivity contribution in [3.63, 3.8) is 0 Å². The van der Waals surface area contributed by atoms with Crippen LogP contribution in [0.5, 0.6) is 5.75 Å². The number of nitro benzene ring substituents is 1. The van der Waals surface area contributed by atoms with Gasteiger partial charge in [-0.2, -0.15) is 0 Å². The highest BCUT2D eigenvalue weighted by Gasteiger charge is 2.23. The van der Waals surface area contributed by atoms with E-state index in [0.29, 0.717) is 39.8 Å². The first-order valence-corrected chi connectivity index (χ1v) is 16.2. The van der Waals surface area contributed by atoms with E-state index in [4.69, 9.17) is 4.74 Å². The zero-order valence-electron chi connectivity index (χ0n) is 26.4. The van der Waals surface area contributed by atoms with Crippen molar-refractivity contribution >= 4 is 52.6 Å². The summed E-state index contributed by atoms with van der Waals surface area (Å²) in [5.41, 5.74) is 2.49. The van der Waals surface area contributed by atoms with Gasteiger partial charge < -0.3 is 20.7 Å². The molecule has 5 aromatic carbocycles. The van der Waals surface area contributed by atoms with Crippen molar-refractivity contribution in [1.29, 1.82) is 0 Å². The maximum absolute atomic E-state index is 13.6. The number of rotatable bonds is 13. The zero-order valence-corrected chi connectivity index (χ0v) is 27.2. The van der Waals surface area contributed by atoms with Crippen molar-refractivity contribution in [2.75, 3.05) is 17.2 Å². The van der Waals surface area contributed by atoms with Gasteiger partial charge in [0.05, 0.1) is 11.5 Å². The van der Waals surface area contributed by atoms with E-state index in [1.165, 1.54) is 42.1 Å². The molecule has 0 aliphatic rings. The number of carbonyl (C=O) groups excluding carboxylic acids is 3. The van der Waals surface area contributed by atoms with Gasteiger partial charge in [0.2, 0.25) is 5.91 Å². The van der Waals surface area contributed by atoms with Gasteiger partial charge in [0.15, 0.2) is 0 Å². The summed E-state index contributed by atoms with van der Waals surface area (Å²) in [7, 11) is 0. The normalized spacial score (nSPS) is 11.6. The average Bonchev–Trinajstić information content (AvgIpc) is 3.12. The van der Waals surface area contributed by atoms with E-state index in [1.807, 2.05) is 43.3 Å². The van der Waals surface area contributed by atoms with Gasteiger partial charge in [-0.25, -0.2) is 0 Å². The van der Waals surface area contributed by atoms with E-state index in [0.717, 1.165) is 5.56 Å². The van der Waals surface area contributed by atoms with Gasteiger partial charge in [0, 0.05) is 34.0 Å². The van der Waals surface area contributed by atoms with Crippen molar-refractivity contribution in [3.05, 3.63) is 166 Å². The highest BCUT2D eigenvalue weighted by Crippen LogP contribution is 2.37. The van der Waals surface area contributed by atoms with Crippen LogP contribution in [0, 0.1) is 10.1 Å². The Hall–Kier alpha value is -6.20. The summed E-state index contributed by atoms with van der Waals surface area (Å²) >= 11 is 1.32. The lowest BCUT2D eigenvalue weighted by Gasteiger charge is -2.18. The summed E-state index contributed by atoms with van der Waals surface area (Å²) in [6.07, 6.45) is 1.44. The summed E-state index contributed by atoms with van der Waals surface area (Å²) in [5.74, 6) is -0.638. The smallest absolute Gasteiger partial charge is 0.272 e. The van der Waals surface area contributed by atoms with Crippen LogP contribution in [0.15, 0.2) is 144 Å². The average molecular weight is 673 g/mol. The largest absolute Gasteiger partial charge is 0.494 e. The molecular formula is C38H32N4O6S. The molecule has 0 aliphatic heterocycles. The van der Waals surface area contributed by atoms with Crippen molar-refractivity contribution < 1.29 is 24.0 Å². The Morgan fingerprint density at radius 3 is 2.12 bits per heavy atom. The Kier molecular flexibility index (Phi) is 11.5.